The number of nitrogens with zero attached hydrogens (tertiary/aromatic N) is 3. The summed E-state index contributed by atoms with van der Waals surface area (Å²) < 4.78 is 1.73. The molecule has 15 heavy (non-hydrogen) atoms. The van der Waals surface area contributed by atoms with E-state index in [9.17, 15) is 5.11 Å². The Morgan fingerprint density at radius 2 is 2.20 bits per heavy atom. The lowest BCUT2D eigenvalue weighted by molar-refractivity contribution is 0.121. The summed E-state index contributed by atoms with van der Waals surface area (Å²) in [4.78, 5) is 3.90. The Morgan fingerprint density at radius 3 is 2.93 bits per heavy atom. The van der Waals surface area contributed by atoms with Crippen LogP contribution in [0.2, 0.25) is 0 Å². The zero-order valence-electron chi connectivity index (χ0n) is 8.11. The minimum absolute atomic E-state index is 0.00935. The third kappa shape index (κ3) is 1.26. The van der Waals surface area contributed by atoms with E-state index in [1.165, 1.54) is 11.9 Å². The lowest BCUT2D eigenvalue weighted by Crippen LogP contribution is -2.14. The highest BCUT2D eigenvalue weighted by atomic mass is 16.3. The molecule has 1 heterocycles. The predicted octanol–water partition coefficient (Wildman–Crippen LogP) is 1.11. The van der Waals surface area contributed by atoms with Gasteiger partial charge in [-0.15, -0.1) is 0 Å². The fourth-order valence-electron chi connectivity index (χ4n) is 2.18. The van der Waals surface area contributed by atoms with Crippen molar-refractivity contribution < 1.29 is 5.11 Å². The van der Waals surface area contributed by atoms with E-state index >= 15 is 0 Å². The van der Waals surface area contributed by atoms with Crippen molar-refractivity contribution in [3.05, 3.63) is 48.0 Å². The molecule has 0 bridgehead atoms. The number of hydrogen-bond donors (Lipinski definition) is 1. The summed E-state index contributed by atoms with van der Waals surface area (Å²) in [7, 11) is 0. The molecule has 0 aliphatic heterocycles. The van der Waals surface area contributed by atoms with Gasteiger partial charge in [0.25, 0.3) is 0 Å². The summed E-state index contributed by atoms with van der Waals surface area (Å²) in [5.41, 5.74) is 2.21. The van der Waals surface area contributed by atoms with E-state index in [0.29, 0.717) is 0 Å². The van der Waals surface area contributed by atoms with Crippen LogP contribution in [-0.2, 0) is 6.42 Å². The molecule has 1 N–H and O–H groups in total. The van der Waals surface area contributed by atoms with Crippen LogP contribution in [0.1, 0.15) is 23.3 Å². The highest BCUT2D eigenvalue weighted by molar-refractivity contribution is 5.35. The molecule has 1 aromatic heterocycles. The van der Waals surface area contributed by atoms with Crippen LogP contribution in [-0.4, -0.2) is 19.9 Å². The number of fused-ring (bicyclic) bond motifs is 1. The number of rotatable bonds is 1. The average molecular weight is 201 g/mol. The molecule has 0 spiro atoms. The van der Waals surface area contributed by atoms with Crippen LogP contribution in [0.25, 0.3) is 0 Å². The van der Waals surface area contributed by atoms with Crippen LogP contribution >= 0.6 is 0 Å². The van der Waals surface area contributed by atoms with Crippen molar-refractivity contribution >= 4 is 0 Å². The first-order chi connectivity index (χ1) is 7.36. The number of aromatic nitrogens is 3. The van der Waals surface area contributed by atoms with Gasteiger partial charge < -0.3 is 5.11 Å². The first-order valence-electron chi connectivity index (χ1n) is 4.96. The van der Waals surface area contributed by atoms with E-state index in [2.05, 4.69) is 16.1 Å². The molecular weight excluding hydrogens is 190 g/mol. The molecule has 3 rings (SSSR count). The molecule has 2 unspecified atom stereocenters. The SMILES string of the molecule is OC1c2ccccc2CC1n1cncn1. The van der Waals surface area contributed by atoms with Crippen molar-refractivity contribution in [3.8, 4) is 0 Å². The number of benzene rings is 1. The van der Waals surface area contributed by atoms with Gasteiger partial charge in [-0.2, -0.15) is 5.10 Å². The quantitative estimate of drug-likeness (QED) is 0.751. The van der Waals surface area contributed by atoms with Crippen LogP contribution in [0.15, 0.2) is 36.9 Å². The fourth-order valence-corrected chi connectivity index (χ4v) is 2.18. The predicted molar refractivity (Wildman–Crippen MR) is 54.2 cm³/mol. The second kappa shape index (κ2) is 3.17. The van der Waals surface area contributed by atoms with Gasteiger partial charge >= 0.3 is 0 Å². The second-order valence-electron chi connectivity index (χ2n) is 3.79. The average Bonchev–Trinajstić information content (AvgIpc) is 2.87. The van der Waals surface area contributed by atoms with Crippen LogP contribution in [0.3, 0.4) is 0 Å². The van der Waals surface area contributed by atoms with Gasteiger partial charge in [0, 0.05) is 0 Å². The van der Waals surface area contributed by atoms with E-state index in [1.54, 1.807) is 11.0 Å². The fraction of sp³-hybridized carbons (Fsp3) is 0.273. The molecule has 2 atom stereocenters. The van der Waals surface area contributed by atoms with Crippen molar-refractivity contribution in [2.45, 2.75) is 18.6 Å². The summed E-state index contributed by atoms with van der Waals surface area (Å²) in [5.74, 6) is 0. The summed E-state index contributed by atoms with van der Waals surface area (Å²) in [6, 6.07) is 7.96. The smallest absolute Gasteiger partial charge is 0.137 e. The molecule has 0 radical (unpaired) electrons. The minimum Gasteiger partial charge on any atom is -0.386 e. The van der Waals surface area contributed by atoms with Crippen LogP contribution in [0.5, 0.6) is 0 Å². The monoisotopic (exact) mass is 201 g/mol. The van der Waals surface area contributed by atoms with Gasteiger partial charge in [-0.05, 0) is 17.5 Å². The molecule has 1 aromatic carbocycles. The van der Waals surface area contributed by atoms with E-state index in [4.69, 9.17) is 0 Å². The van der Waals surface area contributed by atoms with Crippen molar-refractivity contribution in [1.29, 1.82) is 0 Å². The minimum atomic E-state index is -0.470. The highest BCUT2D eigenvalue weighted by Crippen LogP contribution is 2.38. The van der Waals surface area contributed by atoms with Gasteiger partial charge in [-0.3, -0.25) is 0 Å². The highest BCUT2D eigenvalue weighted by Gasteiger charge is 2.32. The van der Waals surface area contributed by atoms with Crippen molar-refractivity contribution in [3.63, 3.8) is 0 Å². The third-order valence-corrected chi connectivity index (χ3v) is 2.94. The molecule has 0 saturated carbocycles. The molecule has 1 aliphatic carbocycles. The number of aliphatic hydroxyl groups is 1. The van der Waals surface area contributed by atoms with E-state index in [1.807, 2.05) is 18.2 Å². The molecule has 2 aromatic rings. The Labute approximate surface area is 87.2 Å². The lowest BCUT2D eigenvalue weighted by Gasteiger charge is -2.14. The molecule has 76 valence electrons. The summed E-state index contributed by atoms with van der Waals surface area (Å²) in [5, 5.41) is 14.2. The maximum atomic E-state index is 10.1. The Hall–Kier alpha value is -1.68. The maximum absolute atomic E-state index is 10.1. The molecule has 0 amide bonds. The zero-order valence-corrected chi connectivity index (χ0v) is 8.11. The van der Waals surface area contributed by atoms with Crippen molar-refractivity contribution in [2.75, 3.05) is 0 Å². The van der Waals surface area contributed by atoms with Gasteiger partial charge in [0.05, 0.1) is 6.04 Å². The van der Waals surface area contributed by atoms with Crippen LogP contribution < -0.4 is 0 Å². The number of aliphatic hydroxyl groups excluding tert-OH is 1. The van der Waals surface area contributed by atoms with Crippen LogP contribution in [0.4, 0.5) is 0 Å². The second-order valence-corrected chi connectivity index (χ2v) is 3.79. The topological polar surface area (TPSA) is 50.9 Å². The Kier molecular flexibility index (Phi) is 1.82. The van der Waals surface area contributed by atoms with Crippen molar-refractivity contribution in [1.82, 2.24) is 14.8 Å². The number of hydrogen-bond acceptors (Lipinski definition) is 3. The maximum Gasteiger partial charge on any atom is 0.137 e. The van der Waals surface area contributed by atoms with Crippen molar-refractivity contribution in [2.24, 2.45) is 0 Å². The van der Waals surface area contributed by atoms with E-state index in [0.717, 1.165) is 12.0 Å². The molecule has 0 saturated heterocycles. The first kappa shape index (κ1) is 8.61. The summed E-state index contributed by atoms with van der Waals surface area (Å²) in [6.07, 6.45) is 3.50. The van der Waals surface area contributed by atoms with E-state index < -0.39 is 6.10 Å². The van der Waals surface area contributed by atoms with Gasteiger partial charge in [0.1, 0.15) is 18.8 Å². The third-order valence-electron chi connectivity index (χ3n) is 2.94. The summed E-state index contributed by atoms with van der Waals surface area (Å²) >= 11 is 0. The largest absolute Gasteiger partial charge is 0.386 e. The molecular formula is C11H11N3O. The van der Waals surface area contributed by atoms with Crippen LogP contribution in [0, 0.1) is 0 Å². The molecule has 1 aliphatic rings. The Morgan fingerprint density at radius 1 is 1.33 bits per heavy atom. The molecule has 4 heteroatoms. The molecule has 0 fully saturated rings. The lowest BCUT2D eigenvalue weighted by atomic mass is 10.1. The van der Waals surface area contributed by atoms with Gasteiger partial charge in [-0.25, -0.2) is 9.67 Å². The zero-order chi connectivity index (χ0) is 10.3. The molecule has 4 nitrogen and oxygen atoms in total. The Balaban J connectivity index is 2.00. The van der Waals surface area contributed by atoms with Gasteiger partial charge in [-0.1, -0.05) is 24.3 Å². The van der Waals surface area contributed by atoms with Gasteiger partial charge in [0.15, 0.2) is 0 Å². The Bertz CT molecular complexity index is 466. The first-order valence-corrected chi connectivity index (χ1v) is 4.96. The summed E-state index contributed by atoms with van der Waals surface area (Å²) in [6.45, 7) is 0. The standard InChI is InChI=1S/C11H11N3O/c15-11-9-4-2-1-3-8(9)5-10(11)14-7-12-6-13-14/h1-4,6-7,10-11,15H,5H2. The van der Waals surface area contributed by atoms with Gasteiger partial charge in [0.2, 0.25) is 0 Å². The normalized spacial score (nSPS) is 24.1. The van der Waals surface area contributed by atoms with E-state index in [-0.39, 0.29) is 6.04 Å².